The van der Waals surface area contributed by atoms with Crippen LogP contribution in [0.25, 0.3) is 62.6 Å². The third-order valence-corrected chi connectivity index (χ3v) is 22.7. The van der Waals surface area contributed by atoms with Crippen molar-refractivity contribution in [2.45, 2.75) is 0 Å². The second-order valence-electron chi connectivity index (χ2n) is 27.2. The van der Waals surface area contributed by atoms with Crippen LogP contribution in [0.2, 0.25) is 0 Å². The van der Waals surface area contributed by atoms with Crippen molar-refractivity contribution >= 4 is 165 Å². The molecule has 110 heavy (non-hydrogen) atoms. The molecule has 522 valence electrons. The SMILES string of the molecule is c1ccc(-c2cccc(-c3ccccc3)c2N(c2cccc(N(c3ccccc3)c3cc(N(c4ccccc4)c4cccc5sc6ccccc6c45)cc(N(c4ccccc4)c4cccc5sc6ccccc6c45)c3)c2)c2cc(N(c3ccccc3)c3ccccc3)cc(N(c3ccccc3)c3ccccc3)c2)cc1. The van der Waals surface area contributed by atoms with Gasteiger partial charge in [0.05, 0.1) is 51.2 Å². The summed E-state index contributed by atoms with van der Waals surface area (Å²) in [6.45, 7) is 0. The normalized spacial score (nSPS) is 11.3. The van der Waals surface area contributed by atoms with E-state index in [-0.39, 0.29) is 0 Å². The molecule has 17 aromatic carbocycles. The van der Waals surface area contributed by atoms with E-state index in [2.05, 4.69) is 466 Å². The van der Waals surface area contributed by atoms with Gasteiger partial charge in [0.25, 0.3) is 0 Å². The first-order valence-corrected chi connectivity index (χ1v) is 38.8. The molecule has 0 unspecified atom stereocenters. The van der Waals surface area contributed by atoms with E-state index in [9.17, 15) is 0 Å². The Bertz CT molecular complexity index is 6010. The highest BCUT2D eigenvalue weighted by atomic mass is 32.1. The molecular weight excluding hydrogens is 1370 g/mol. The van der Waals surface area contributed by atoms with Gasteiger partial charge in [-0.15, -0.1) is 22.7 Å². The van der Waals surface area contributed by atoms with Crippen LogP contribution in [0.4, 0.5) is 102 Å². The fourth-order valence-corrected chi connectivity index (χ4v) is 18.0. The summed E-state index contributed by atoms with van der Waals surface area (Å²) >= 11 is 3.68. The molecule has 0 bridgehead atoms. The molecule has 0 N–H and O–H groups in total. The summed E-state index contributed by atoms with van der Waals surface area (Å²) < 4.78 is 4.93. The Labute approximate surface area is 649 Å². The minimum atomic E-state index is 0.932. The highest BCUT2D eigenvalue weighted by Gasteiger charge is 2.30. The van der Waals surface area contributed by atoms with Crippen LogP contribution < -0.4 is 29.4 Å². The number of thiophene rings is 2. The van der Waals surface area contributed by atoms with Gasteiger partial charge in [-0.2, -0.15) is 0 Å². The van der Waals surface area contributed by atoms with Crippen molar-refractivity contribution in [3.63, 3.8) is 0 Å². The summed E-state index contributed by atoms with van der Waals surface area (Å²) in [5.41, 5.74) is 22.2. The quantitative estimate of drug-likeness (QED) is 0.0752. The Morgan fingerprint density at radius 2 is 0.382 bits per heavy atom. The van der Waals surface area contributed by atoms with Gasteiger partial charge >= 0.3 is 0 Å². The number of anilines is 18. The van der Waals surface area contributed by atoms with Crippen LogP contribution in [-0.4, -0.2) is 0 Å². The number of fused-ring (bicyclic) bond motifs is 6. The van der Waals surface area contributed by atoms with Gasteiger partial charge in [0, 0.05) is 103 Å². The van der Waals surface area contributed by atoms with Gasteiger partial charge in [-0.3, -0.25) is 0 Å². The van der Waals surface area contributed by atoms with E-state index in [0.29, 0.717) is 0 Å². The predicted octanol–water partition coefficient (Wildman–Crippen LogP) is 30.6. The van der Waals surface area contributed by atoms with Gasteiger partial charge < -0.3 is 29.4 Å². The molecule has 2 heterocycles. The van der Waals surface area contributed by atoms with Gasteiger partial charge in [-0.05, 0) is 187 Å². The molecule has 8 heteroatoms. The van der Waals surface area contributed by atoms with E-state index >= 15 is 0 Å². The monoisotopic (exact) mass is 1440 g/mol. The maximum absolute atomic E-state index is 2.53. The zero-order valence-corrected chi connectivity index (χ0v) is 61.7. The van der Waals surface area contributed by atoms with Gasteiger partial charge in [0.15, 0.2) is 0 Å². The van der Waals surface area contributed by atoms with E-state index in [1.807, 2.05) is 22.7 Å². The summed E-state index contributed by atoms with van der Waals surface area (Å²) in [4.78, 5) is 14.7. The van der Waals surface area contributed by atoms with Crippen LogP contribution in [0, 0.1) is 0 Å². The molecule has 19 rings (SSSR count). The van der Waals surface area contributed by atoms with E-state index in [1.54, 1.807) is 0 Å². The van der Waals surface area contributed by atoms with Crippen LogP contribution in [0.15, 0.2) is 437 Å². The zero-order chi connectivity index (χ0) is 73.1. The maximum atomic E-state index is 2.53. The van der Waals surface area contributed by atoms with Crippen LogP contribution in [0.5, 0.6) is 0 Å². The molecule has 0 radical (unpaired) electrons. The minimum absolute atomic E-state index is 0.932. The van der Waals surface area contributed by atoms with Gasteiger partial charge in [0.1, 0.15) is 0 Å². The number of nitrogens with zero attached hydrogens (tertiary/aromatic N) is 6. The largest absolute Gasteiger partial charge is 0.310 e. The zero-order valence-electron chi connectivity index (χ0n) is 60.1. The van der Waals surface area contributed by atoms with Crippen molar-refractivity contribution in [2.75, 3.05) is 29.4 Å². The first-order valence-electron chi connectivity index (χ1n) is 37.2. The topological polar surface area (TPSA) is 19.4 Å². The maximum Gasteiger partial charge on any atom is 0.0618 e. The lowest BCUT2D eigenvalue weighted by Crippen LogP contribution is -2.18. The molecule has 2 aromatic heterocycles. The Morgan fingerprint density at radius 3 is 0.727 bits per heavy atom. The van der Waals surface area contributed by atoms with Crippen molar-refractivity contribution < 1.29 is 0 Å². The summed E-state index contributed by atoms with van der Waals surface area (Å²) in [5, 5.41) is 4.85. The number of benzene rings is 17. The number of para-hydroxylation sites is 8. The van der Waals surface area contributed by atoms with Crippen LogP contribution >= 0.6 is 22.7 Å². The Balaban J connectivity index is 0.913. The molecule has 0 saturated carbocycles. The lowest BCUT2D eigenvalue weighted by Gasteiger charge is -2.35. The Kier molecular flexibility index (Phi) is 18.0. The van der Waals surface area contributed by atoms with Crippen molar-refractivity contribution in [2.24, 2.45) is 0 Å². The molecule has 0 fully saturated rings. The third-order valence-electron chi connectivity index (χ3n) is 20.4. The molecule has 0 atom stereocenters. The smallest absolute Gasteiger partial charge is 0.0618 e. The molecule has 0 aliphatic rings. The van der Waals surface area contributed by atoms with Crippen molar-refractivity contribution in [3.05, 3.63) is 437 Å². The molecular formula is C102H72N6S2. The van der Waals surface area contributed by atoms with E-state index in [1.165, 1.54) is 40.3 Å². The fraction of sp³-hybridized carbons (Fsp3) is 0. The number of rotatable bonds is 20. The first-order chi connectivity index (χ1) is 54.6. The second-order valence-corrected chi connectivity index (χ2v) is 29.4. The van der Waals surface area contributed by atoms with E-state index in [4.69, 9.17) is 0 Å². The number of hydrogen-bond acceptors (Lipinski definition) is 8. The predicted molar refractivity (Wildman–Crippen MR) is 471 cm³/mol. The van der Waals surface area contributed by atoms with Crippen LogP contribution in [0.3, 0.4) is 0 Å². The van der Waals surface area contributed by atoms with E-state index in [0.717, 1.165) is 125 Å². The molecule has 0 amide bonds. The van der Waals surface area contributed by atoms with Crippen molar-refractivity contribution in [1.29, 1.82) is 0 Å². The van der Waals surface area contributed by atoms with Crippen LogP contribution in [0.1, 0.15) is 0 Å². The van der Waals surface area contributed by atoms with E-state index < -0.39 is 0 Å². The standard InChI is InChI=1S/C102H72N6S2/c1-10-36-73(37-11-1)90-58-33-59-91(74-38-12-2-13-39-74)102(90)108(89-70-84(103(75-40-14-3-15-41-75)76-42-16-4-17-43-76)67-85(71-89)104(77-44-18-5-19-45-77)78-46-20-6-21-47-78)83-55-32-54-82(66-83)105(79-48-22-7-23-49-79)86-68-87(106(80-50-24-8-25-51-80)94-60-34-64-98-100(94)92-56-28-30-62-96(92)109-98)72-88(69-86)107(81-52-26-9-27-53-81)95-61-35-65-99-101(95)93-57-29-31-63-97(93)110-99/h1-72H. The summed E-state index contributed by atoms with van der Waals surface area (Å²) in [6, 6.07) is 159. The van der Waals surface area contributed by atoms with Crippen molar-refractivity contribution in [3.8, 4) is 22.3 Å². The summed E-state index contributed by atoms with van der Waals surface area (Å²) in [5.74, 6) is 0. The second kappa shape index (κ2) is 29.7. The lowest BCUT2D eigenvalue weighted by molar-refractivity contribution is 1.21. The molecule has 0 spiro atoms. The van der Waals surface area contributed by atoms with Crippen molar-refractivity contribution in [1.82, 2.24) is 0 Å². The molecule has 0 aliphatic carbocycles. The lowest BCUT2D eigenvalue weighted by atomic mass is 9.94. The van der Waals surface area contributed by atoms with Gasteiger partial charge in [-0.25, -0.2) is 0 Å². The summed E-state index contributed by atoms with van der Waals surface area (Å²) in [7, 11) is 0. The highest BCUT2D eigenvalue weighted by Crippen LogP contribution is 2.55. The average Bonchev–Trinajstić information content (AvgIpc) is 1.05. The Morgan fingerprint density at radius 1 is 0.155 bits per heavy atom. The molecule has 6 nitrogen and oxygen atoms in total. The minimum Gasteiger partial charge on any atom is -0.310 e. The third kappa shape index (κ3) is 12.8. The summed E-state index contributed by atoms with van der Waals surface area (Å²) in [6.07, 6.45) is 0. The van der Waals surface area contributed by atoms with Gasteiger partial charge in [0.2, 0.25) is 0 Å². The average molecular weight is 1450 g/mol. The molecule has 0 aliphatic heterocycles. The number of hydrogen-bond donors (Lipinski definition) is 0. The fourth-order valence-electron chi connectivity index (χ4n) is 15.7. The Hall–Kier alpha value is -14.0. The molecule has 19 aromatic rings. The highest BCUT2D eigenvalue weighted by molar-refractivity contribution is 7.26. The van der Waals surface area contributed by atoms with Gasteiger partial charge in [-0.1, -0.05) is 261 Å². The molecule has 0 saturated heterocycles. The first kappa shape index (κ1) is 66.6. The van der Waals surface area contributed by atoms with Crippen LogP contribution in [-0.2, 0) is 0 Å².